The third kappa shape index (κ3) is 9.26. The second kappa shape index (κ2) is 12.1. The Balaban J connectivity index is 1.55. The number of rotatable bonds is 14. The van der Waals surface area contributed by atoms with Gasteiger partial charge < -0.3 is 19.9 Å². The number of hydrogen-bond acceptors (Lipinski definition) is 5. The Kier molecular flexibility index (Phi) is 9.79. The lowest BCUT2D eigenvalue weighted by Crippen LogP contribution is -2.28. The molecule has 0 aromatic heterocycles. The molecule has 6 nitrogen and oxygen atoms in total. The van der Waals surface area contributed by atoms with Gasteiger partial charge in [-0.2, -0.15) is 0 Å². The summed E-state index contributed by atoms with van der Waals surface area (Å²) in [4.78, 5) is 23.6. The van der Waals surface area contributed by atoms with E-state index in [1.54, 1.807) is 32.1 Å². The van der Waals surface area contributed by atoms with Gasteiger partial charge in [-0.25, -0.2) is 4.79 Å². The minimum absolute atomic E-state index is 0.124. The van der Waals surface area contributed by atoms with Crippen LogP contribution in [0, 0.1) is 0 Å². The van der Waals surface area contributed by atoms with Gasteiger partial charge in [0.25, 0.3) is 0 Å². The van der Waals surface area contributed by atoms with Crippen LogP contribution in [-0.4, -0.2) is 40.9 Å². The molecule has 0 radical (unpaired) electrons. The molecule has 6 heteroatoms. The second-order valence-corrected chi connectivity index (χ2v) is 8.69. The summed E-state index contributed by atoms with van der Waals surface area (Å²) in [6.45, 7) is 5.70. The first-order valence-electron chi connectivity index (χ1n) is 11.2. The number of nitrogens with one attached hydrogen (secondary N) is 1. The maximum absolute atomic E-state index is 12.0. The van der Waals surface area contributed by atoms with E-state index >= 15 is 0 Å². The van der Waals surface area contributed by atoms with Gasteiger partial charge in [-0.05, 0) is 32.8 Å². The van der Waals surface area contributed by atoms with Gasteiger partial charge in [0.2, 0.25) is 5.91 Å². The minimum Gasteiger partial charge on any atom is -0.451 e. The quantitative estimate of drug-likeness (QED) is 0.192. The number of amides is 1. The van der Waals surface area contributed by atoms with Crippen LogP contribution in [0.4, 0.5) is 0 Å². The maximum Gasteiger partial charge on any atom is 0.355 e. The monoisotopic (exact) mass is 419 g/mol. The van der Waals surface area contributed by atoms with Gasteiger partial charge in [0.15, 0.2) is 0 Å². The molecule has 3 atom stereocenters. The van der Waals surface area contributed by atoms with Crippen molar-refractivity contribution in [2.24, 2.45) is 0 Å². The van der Waals surface area contributed by atoms with Gasteiger partial charge in [-0.1, -0.05) is 69.8 Å². The normalized spacial score (nSPS) is 23.6. The molecule has 1 amide bonds. The average molecular weight is 420 g/mol. The number of aliphatic hydroxyl groups is 1. The first kappa shape index (κ1) is 24.4. The number of carbonyl (C=O) groups excluding carboxylic acids is 2. The third-order valence-corrected chi connectivity index (χ3v) is 5.21. The van der Waals surface area contributed by atoms with Gasteiger partial charge in [-0.3, -0.25) is 4.79 Å². The zero-order valence-corrected chi connectivity index (χ0v) is 18.6. The number of esters is 1. The van der Waals surface area contributed by atoms with Gasteiger partial charge in [0, 0.05) is 0 Å². The molecule has 1 fully saturated rings. The SMILES string of the molecule is CCCCCCCCC1OC1C/C=C/C=C/C(O)CC(=O)NC1=CC(C)(C)OC1=O. The Labute approximate surface area is 180 Å². The van der Waals surface area contributed by atoms with Crippen molar-refractivity contribution in [3.63, 3.8) is 0 Å². The van der Waals surface area contributed by atoms with Crippen molar-refractivity contribution in [3.8, 4) is 0 Å². The average Bonchev–Trinajstić information content (AvgIpc) is 3.35. The lowest BCUT2D eigenvalue weighted by molar-refractivity contribution is -0.145. The summed E-state index contributed by atoms with van der Waals surface area (Å²) in [6.07, 6.45) is 18.3. The molecule has 2 aliphatic heterocycles. The molecular weight excluding hydrogens is 382 g/mol. The van der Waals surface area contributed by atoms with Crippen LogP contribution < -0.4 is 5.32 Å². The van der Waals surface area contributed by atoms with E-state index in [1.165, 1.54) is 38.5 Å². The highest BCUT2D eigenvalue weighted by Crippen LogP contribution is 2.30. The number of unbranched alkanes of at least 4 members (excludes halogenated alkanes) is 5. The van der Waals surface area contributed by atoms with Gasteiger partial charge in [0.1, 0.15) is 11.3 Å². The second-order valence-electron chi connectivity index (χ2n) is 8.69. The first-order valence-corrected chi connectivity index (χ1v) is 11.2. The molecule has 0 bridgehead atoms. The van der Waals surface area contributed by atoms with Crippen molar-refractivity contribution in [2.75, 3.05) is 0 Å². The first-order chi connectivity index (χ1) is 14.3. The number of epoxide rings is 1. The number of ether oxygens (including phenoxy) is 2. The van der Waals surface area contributed by atoms with E-state index in [0.717, 1.165) is 12.8 Å². The summed E-state index contributed by atoms with van der Waals surface area (Å²) in [5.74, 6) is -0.987. The van der Waals surface area contributed by atoms with E-state index < -0.39 is 23.6 Å². The number of allylic oxidation sites excluding steroid dienone is 2. The zero-order valence-electron chi connectivity index (χ0n) is 18.6. The summed E-state index contributed by atoms with van der Waals surface area (Å²) in [5, 5.41) is 12.5. The molecule has 2 rings (SSSR count). The Bertz CT molecular complexity index is 665. The summed E-state index contributed by atoms with van der Waals surface area (Å²) in [5.41, 5.74) is -0.594. The van der Waals surface area contributed by atoms with Crippen molar-refractivity contribution in [1.82, 2.24) is 5.32 Å². The fourth-order valence-electron chi connectivity index (χ4n) is 3.53. The Morgan fingerprint density at radius 3 is 2.63 bits per heavy atom. The fourth-order valence-corrected chi connectivity index (χ4v) is 3.53. The Hall–Kier alpha value is -1.92. The topological polar surface area (TPSA) is 88.2 Å². The zero-order chi connectivity index (χ0) is 22.0. The van der Waals surface area contributed by atoms with Gasteiger partial charge in [-0.15, -0.1) is 0 Å². The van der Waals surface area contributed by atoms with Crippen LogP contribution in [0.1, 0.15) is 78.6 Å². The lowest BCUT2D eigenvalue weighted by Gasteiger charge is -2.12. The molecule has 2 aliphatic rings. The number of cyclic esters (lactones) is 1. The standard InChI is InChI=1S/C24H37NO5/c1-4-5-6-7-8-11-14-20-21(29-20)15-12-9-10-13-18(26)16-22(27)25-19-17-24(2,3)30-23(19)28/h9-10,12-13,17-18,20-21,26H,4-8,11,14-16H2,1-3H3,(H,25,27)/b12-9+,13-10+. The van der Waals surface area contributed by atoms with Crippen molar-refractivity contribution in [2.45, 2.75) is 102 Å². The Morgan fingerprint density at radius 1 is 1.20 bits per heavy atom. The van der Waals surface area contributed by atoms with Crippen LogP contribution in [-0.2, 0) is 19.1 Å². The van der Waals surface area contributed by atoms with Gasteiger partial charge >= 0.3 is 5.97 Å². The molecule has 0 aromatic rings. The van der Waals surface area contributed by atoms with Crippen LogP contribution >= 0.6 is 0 Å². The van der Waals surface area contributed by atoms with Gasteiger partial charge in [0.05, 0.1) is 24.7 Å². The van der Waals surface area contributed by atoms with E-state index in [9.17, 15) is 14.7 Å². The van der Waals surface area contributed by atoms with E-state index in [4.69, 9.17) is 9.47 Å². The lowest BCUT2D eigenvalue weighted by atomic mass is 10.1. The van der Waals surface area contributed by atoms with Crippen LogP contribution in [0.2, 0.25) is 0 Å². The molecule has 2 N–H and O–H groups in total. The van der Waals surface area contributed by atoms with E-state index in [1.807, 2.05) is 12.2 Å². The summed E-state index contributed by atoms with van der Waals surface area (Å²) >= 11 is 0. The fraction of sp³-hybridized carbons (Fsp3) is 0.667. The highest BCUT2D eigenvalue weighted by Gasteiger charge is 2.36. The van der Waals surface area contributed by atoms with Crippen molar-refractivity contribution in [3.05, 3.63) is 36.1 Å². The van der Waals surface area contributed by atoms with Crippen molar-refractivity contribution >= 4 is 11.9 Å². The van der Waals surface area contributed by atoms with Crippen LogP contribution in [0.3, 0.4) is 0 Å². The number of aliphatic hydroxyl groups excluding tert-OH is 1. The van der Waals surface area contributed by atoms with Crippen LogP contribution in [0.15, 0.2) is 36.1 Å². The number of carbonyl (C=O) groups is 2. The highest BCUT2D eigenvalue weighted by molar-refractivity contribution is 5.96. The molecule has 168 valence electrons. The van der Waals surface area contributed by atoms with Crippen molar-refractivity contribution < 1.29 is 24.2 Å². The molecule has 30 heavy (non-hydrogen) atoms. The van der Waals surface area contributed by atoms with E-state index in [-0.39, 0.29) is 12.1 Å². The van der Waals surface area contributed by atoms with Crippen LogP contribution in [0.5, 0.6) is 0 Å². The van der Waals surface area contributed by atoms with Crippen LogP contribution in [0.25, 0.3) is 0 Å². The highest BCUT2D eigenvalue weighted by atomic mass is 16.6. The van der Waals surface area contributed by atoms with E-state index in [0.29, 0.717) is 12.2 Å². The Morgan fingerprint density at radius 2 is 1.93 bits per heavy atom. The van der Waals surface area contributed by atoms with E-state index in [2.05, 4.69) is 12.2 Å². The largest absolute Gasteiger partial charge is 0.451 e. The minimum atomic E-state index is -0.918. The molecule has 0 aliphatic carbocycles. The molecule has 0 aromatic carbocycles. The maximum atomic E-state index is 12.0. The molecule has 0 spiro atoms. The predicted molar refractivity (Wildman–Crippen MR) is 117 cm³/mol. The number of hydrogen-bond donors (Lipinski definition) is 2. The predicted octanol–water partition coefficient (Wildman–Crippen LogP) is 4.09. The van der Waals surface area contributed by atoms with Crippen molar-refractivity contribution in [1.29, 1.82) is 0 Å². The molecule has 2 heterocycles. The third-order valence-electron chi connectivity index (χ3n) is 5.21. The smallest absolute Gasteiger partial charge is 0.355 e. The molecule has 1 saturated heterocycles. The molecule has 0 saturated carbocycles. The molecular formula is C24H37NO5. The summed E-state index contributed by atoms with van der Waals surface area (Å²) in [6, 6.07) is 0. The molecule has 3 unspecified atom stereocenters. The summed E-state index contributed by atoms with van der Waals surface area (Å²) in [7, 11) is 0. The summed E-state index contributed by atoms with van der Waals surface area (Å²) < 4.78 is 10.8.